The number of aryl methyl sites for hydroxylation is 2. The van der Waals surface area contributed by atoms with E-state index >= 15 is 0 Å². The Balaban J connectivity index is 1.68. The van der Waals surface area contributed by atoms with E-state index in [9.17, 15) is 5.11 Å². The smallest absolute Gasteiger partial charge is 0.0922 e. The van der Waals surface area contributed by atoms with E-state index in [-0.39, 0.29) is 0 Å². The van der Waals surface area contributed by atoms with Crippen molar-refractivity contribution in [2.24, 2.45) is 0 Å². The van der Waals surface area contributed by atoms with Gasteiger partial charge in [-0.15, -0.1) is 0 Å². The van der Waals surface area contributed by atoms with Crippen LogP contribution in [0.15, 0.2) is 30.3 Å². The van der Waals surface area contributed by atoms with Gasteiger partial charge < -0.3 is 10.0 Å². The first-order valence-corrected chi connectivity index (χ1v) is 11.7. The largest absolute Gasteiger partial charge is 0.387 e. The van der Waals surface area contributed by atoms with Crippen molar-refractivity contribution < 1.29 is 5.11 Å². The standard InChI is InChI=1S/C26H39NO/c1-3-5-7-9-18-27(19-10-8-6-4-2)20-25(28)23-17-16-22-15-14-21-12-11-13-24(23)26(21)22/h11-13,16-17,25,28H,3-10,14-15,18-20H2,1-2H3/t25-/m1/s1. The van der Waals surface area contributed by atoms with E-state index < -0.39 is 6.10 Å². The molecule has 0 fully saturated rings. The molecule has 0 unspecified atom stereocenters. The Hall–Kier alpha value is -1.38. The number of unbranched alkanes of at least 4 members (excludes halogenated alkanes) is 6. The van der Waals surface area contributed by atoms with Gasteiger partial charge in [0.2, 0.25) is 0 Å². The second kappa shape index (κ2) is 11.0. The molecule has 0 saturated carbocycles. The summed E-state index contributed by atoms with van der Waals surface area (Å²) < 4.78 is 0. The van der Waals surface area contributed by atoms with Crippen LogP contribution in [0.4, 0.5) is 0 Å². The van der Waals surface area contributed by atoms with Crippen molar-refractivity contribution in [3.63, 3.8) is 0 Å². The summed E-state index contributed by atoms with van der Waals surface area (Å²) in [7, 11) is 0. The molecule has 1 aliphatic rings. The summed E-state index contributed by atoms with van der Waals surface area (Å²) in [5, 5.41) is 13.8. The third-order valence-electron chi connectivity index (χ3n) is 6.36. The highest BCUT2D eigenvalue weighted by Gasteiger charge is 2.20. The molecule has 28 heavy (non-hydrogen) atoms. The van der Waals surface area contributed by atoms with E-state index in [1.54, 1.807) is 0 Å². The summed E-state index contributed by atoms with van der Waals surface area (Å²) in [5.41, 5.74) is 4.03. The third kappa shape index (κ3) is 5.36. The number of hydrogen-bond donors (Lipinski definition) is 1. The molecule has 3 rings (SSSR count). The quantitative estimate of drug-likeness (QED) is 0.404. The summed E-state index contributed by atoms with van der Waals surface area (Å²) in [6.07, 6.45) is 12.2. The Morgan fingerprint density at radius 1 is 0.821 bits per heavy atom. The van der Waals surface area contributed by atoms with Gasteiger partial charge in [-0.3, -0.25) is 0 Å². The fourth-order valence-electron chi connectivity index (χ4n) is 4.72. The molecule has 0 aliphatic heterocycles. The number of nitrogens with zero attached hydrogens (tertiary/aromatic N) is 1. The van der Waals surface area contributed by atoms with Crippen molar-refractivity contribution in [1.82, 2.24) is 4.90 Å². The van der Waals surface area contributed by atoms with Gasteiger partial charge in [-0.05, 0) is 66.2 Å². The highest BCUT2D eigenvalue weighted by atomic mass is 16.3. The van der Waals surface area contributed by atoms with Crippen LogP contribution in [-0.2, 0) is 12.8 Å². The molecule has 2 aromatic rings. The minimum atomic E-state index is -0.401. The van der Waals surface area contributed by atoms with E-state index in [0.29, 0.717) is 0 Å². The Bertz CT molecular complexity index is 716. The molecule has 0 heterocycles. The number of hydrogen-bond acceptors (Lipinski definition) is 2. The molecule has 2 nitrogen and oxygen atoms in total. The van der Waals surface area contributed by atoms with E-state index in [1.807, 2.05) is 0 Å². The van der Waals surface area contributed by atoms with Gasteiger partial charge in [-0.2, -0.15) is 0 Å². The average Bonchev–Trinajstić information content (AvgIpc) is 3.13. The molecule has 1 aliphatic carbocycles. The molecule has 0 saturated heterocycles. The Morgan fingerprint density at radius 2 is 1.46 bits per heavy atom. The maximum absolute atomic E-state index is 11.2. The molecule has 0 aromatic heterocycles. The number of rotatable bonds is 13. The second-order valence-corrected chi connectivity index (χ2v) is 8.59. The summed E-state index contributed by atoms with van der Waals surface area (Å²) in [6.45, 7) is 7.52. The molecular formula is C26H39NO. The molecule has 0 radical (unpaired) electrons. The average molecular weight is 382 g/mol. The Kier molecular flexibility index (Phi) is 8.36. The van der Waals surface area contributed by atoms with Crippen LogP contribution in [0.5, 0.6) is 0 Å². The van der Waals surface area contributed by atoms with Crippen LogP contribution in [0.25, 0.3) is 10.8 Å². The van der Waals surface area contributed by atoms with Crippen molar-refractivity contribution in [2.75, 3.05) is 19.6 Å². The topological polar surface area (TPSA) is 23.5 Å². The highest BCUT2D eigenvalue weighted by Crippen LogP contribution is 2.35. The first-order valence-electron chi connectivity index (χ1n) is 11.7. The van der Waals surface area contributed by atoms with Crippen molar-refractivity contribution in [3.05, 3.63) is 47.0 Å². The van der Waals surface area contributed by atoms with Crippen LogP contribution in [0.2, 0.25) is 0 Å². The molecule has 2 heteroatoms. The lowest BCUT2D eigenvalue weighted by atomic mass is 9.96. The van der Waals surface area contributed by atoms with Crippen molar-refractivity contribution in [1.29, 1.82) is 0 Å². The summed E-state index contributed by atoms with van der Waals surface area (Å²) in [6, 6.07) is 11.1. The van der Waals surface area contributed by atoms with Crippen LogP contribution in [0, 0.1) is 0 Å². The zero-order valence-corrected chi connectivity index (χ0v) is 18.1. The zero-order valence-electron chi connectivity index (χ0n) is 18.1. The normalized spacial score (nSPS) is 14.3. The molecule has 1 N–H and O–H groups in total. The minimum absolute atomic E-state index is 0.401. The van der Waals surface area contributed by atoms with Crippen LogP contribution in [0.1, 0.15) is 88.0 Å². The maximum atomic E-state index is 11.2. The summed E-state index contributed by atoms with van der Waals surface area (Å²) in [5.74, 6) is 0. The van der Waals surface area contributed by atoms with Gasteiger partial charge >= 0.3 is 0 Å². The first kappa shape index (κ1) is 21.3. The summed E-state index contributed by atoms with van der Waals surface area (Å²) in [4.78, 5) is 2.51. The second-order valence-electron chi connectivity index (χ2n) is 8.59. The third-order valence-corrected chi connectivity index (χ3v) is 6.36. The van der Waals surface area contributed by atoms with Crippen molar-refractivity contribution in [2.45, 2.75) is 84.2 Å². The van der Waals surface area contributed by atoms with Gasteiger partial charge in [0.15, 0.2) is 0 Å². The van der Waals surface area contributed by atoms with E-state index in [0.717, 1.165) is 38.0 Å². The molecular weight excluding hydrogens is 342 g/mol. The molecule has 0 spiro atoms. The predicted molar refractivity (Wildman–Crippen MR) is 121 cm³/mol. The molecule has 1 atom stereocenters. The van der Waals surface area contributed by atoms with Crippen LogP contribution >= 0.6 is 0 Å². The molecule has 2 aromatic carbocycles. The van der Waals surface area contributed by atoms with Gasteiger partial charge in [0.05, 0.1) is 6.10 Å². The predicted octanol–water partition coefficient (Wildman–Crippen LogP) is 6.43. The van der Waals surface area contributed by atoms with E-state index in [4.69, 9.17) is 0 Å². The molecule has 0 amide bonds. The number of aliphatic hydroxyl groups excluding tert-OH is 1. The molecule has 154 valence electrons. The SMILES string of the molecule is CCCCCCN(CCCCCC)C[C@@H](O)c1ccc2c3c(cccc13)CC2. The Morgan fingerprint density at radius 3 is 2.11 bits per heavy atom. The lowest BCUT2D eigenvalue weighted by molar-refractivity contribution is 0.111. The van der Waals surface area contributed by atoms with Gasteiger partial charge in [0.1, 0.15) is 0 Å². The fraction of sp³-hybridized carbons (Fsp3) is 0.615. The van der Waals surface area contributed by atoms with Crippen molar-refractivity contribution in [3.8, 4) is 0 Å². The number of benzene rings is 2. The summed E-state index contributed by atoms with van der Waals surface area (Å²) >= 11 is 0. The van der Waals surface area contributed by atoms with Crippen LogP contribution < -0.4 is 0 Å². The highest BCUT2D eigenvalue weighted by molar-refractivity contribution is 5.93. The van der Waals surface area contributed by atoms with Gasteiger partial charge in [-0.1, -0.05) is 82.7 Å². The lowest BCUT2D eigenvalue weighted by Crippen LogP contribution is -2.31. The fourth-order valence-corrected chi connectivity index (χ4v) is 4.72. The van der Waals surface area contributed by atoms with Crippen LogP contribution in [-0.4, -0.2) is 29.6 Å². The monoisotopic (exact) mass is 381 g/mol. The van der Waals surface area contributed by atoms with E-state index in [2.05, 4.69) is 49.1 Å². The molecule has 0 bridgehead atoms. The zero-order chi connectivity index (χ0) is 19.8. The maximum Gasteiger partial charge on any atom is 0.0922 e. The van der Waals surface area contributed by atoms with E-state index in [1.165, 1.54) is 73.3 Å². The van der Waals surface area contributed by atoms with Crippen molar-refractivity contribution >= 4 is 10.8 Å². The number of aliphatic hydroxyl groups is 1. The van der Waals surface area contributed by atoms with Gasteiger partial charge in [-0.25, -0.2) is 0 Å². The van der Waals surface area contributed by atoms with Gasteiger partial charge in [0, 0.05) is 6.54 Å². The van der Waals surface area contributed by atoms with Gasteiger partial charge in [0.25, 0.3) is 0 Å². The minimum Gasteiger partial charge on any atom is -0.387 e. The Labute approximate surface area is 172 Å². The van der Waals surface area contributed by atoms with Crippen LogP contribution in [0.3, 0.4) is 0 Å². The lowest BCUT2D eigenvalue weighted by Gasteiger charge is -2.26. The first-order chi connectivity index (χ1) is 13.7.